The molecule has 0 aromatic carbocycles. The van der Waals surface area contributed by atoms with Crippen LogP contribution in [0, 0.1) is 0 Å². The fourth-order valence-corrected chi connectivity index (χ4v) is 2.52. The van der Waals surface area contributed by atoms with Crippen molar-refractivity contribution in [3.8, 4) is 0 Å². The van der Waals surface area contributed by atoms with Crippen molar-refractivity contribution in [3.05, 3.63) is 11.9 Å². The van der Waals surface area contributed by atoms with E-state index in [1.165, 1.54) is 6.92 Å². The van der Waals surface area contributed by atoms with Crippen LogP contribution < -0.4 is 0 Å². The molecule has 0 bridgehead atoms. The maximum absolute atomic E-state index is 12.1. The maximum atomic E-state index is 12.1. The third-order valence-electron chi connectivity index (χ3n) is 1.75. The predicted molar refractivity (Wildman–Crippen MR) is 59.9 cm³/mol. The zero-order valence-corrected chi connectivity index (χ0v) is 10.5. The second kappa shape index (κ2) is 6.94. The number of allylic oxidation sites excluding steroid dienone is 1. The van der Waals surface area contributed by atoms with Gasteiger partial charge in [-0.05, 0) is 27.2 Å². The second-order valence-electron chi connectivity index (χ2n) is 3.10. The average molecular weight is 234 g/mol. The van der Waals surface area contributed by atoms with Gasteiger partial charge in [0.2, 0.25) is 0 Å². The Morgan fingerprint density at radius 2 is 1.67 bits per heavy atom. The highest BCUT2D eigenvalue weighted by atomic mass is 31.2. The summed E-state index contributed by atoms with van der Waals surface area (Å²) in [4.78, 5) is 10.8. The van der Waals surface area contributed by atoms with Gasteiger partial charge in [-0.15, -0.1) is 0 Å². The van der Waals surface area contributed by atoms with Crippen molar-refractivity contribution in [1.82, 2.24) is 0 Å². The second-order valence-corrected chi connectivity index (χ2v) is 5.25. The minimum atomic E-state index is -3.21. The number of carbonyl (C=O) groups excluding carboxylic acids is 1. The number of rotatable bonds is 8. The van der Waals surface area contributed by atoms with E-state index in [1.807, 2.05) is 0 Å². The Labute approximate surface area is 91.2 Å². The largest absolute Gasteiger partial charge is 0.356 e. The number of hydrogen-bond donors (Lipinski definition) is 0. The van der Waals surface area contributed by atoms with Gasteiger partial charge < -0.3 is 13.8 Å². The van der Waals surface area contributed by atoms with Crippen LogP contribution in [0.4, 0.5) is 0 Å². The number of carbonyl (C=O) groups is 1. The van der Waals surface area contributed by atoms with Gasteiger partial charge in [0.05, 0.1) is 13.2 Å². The Bertz CT molecular complexity index is 263. The summed E-state index contributed by atoms with van der Waals surface area (Å²) in [6.07, 6.45) is 0.676. The van der Waals surface area contributed by atoms with E-state index < -0.39 is 7.60 Å². The van der Waals surface area contributed by atoms with Crippen LogP contribution in [0.1, 0.15) is 33.6 Å². The van der Waals surface area contributed by atoms with Crippen LogP contribution in [0.2, 0.25) is 0 Å². The maximum Gasteiger partial charge on any atom is 0.356 e. The van der Waals surface area contributed by atoms with Gasteiger partial charge in [-0.1, -0.05) is 6.58 Å². The Hall–Kier alpha value is -0.440. The molecule has 4 nitrogen and oxygen atoms in total. The first-order chi connectivity index (χ1) is 6.96. The van der Waals surface area contributed by atoms with Crippen LogP contribution in [0.25, 0.3) is 0 Å². The summed E-state index contributed by atoms with van der Waals surface area (Å²) in [5.74, 6) is 0.0377. The first-order valence-electron chi connectivity index (χ1n) is 5.03. The fourth-order valence-electron chi connectivity index (χ4n) is 1.02. The molecule has 0 aliphatic carbocycles. The molecule has 0 fully saturated rings. The normalized spacial score (nSPS) is 11.4. The Morgan fingerprint density at radius 3 is 2.00 bits per heavy atom. The zero-order valence-electron chi connectivity index (χ0n) is 9.62. The summed E-state index contributed by atoms with van der Waals surface area (Å²) in [7, 11) is -3.21. The summed E-state index contributed by atoms with van der Waals surface area (Å²) in [6.45, 7) is 9.24. The summed E-state index contributed by atoms with van der Waals surface area (Å²) in [6, 6.07) is 0. The van der Waals surface area contributed by atoms with Gasteiger partial charge in [0, 0.05) is 11.7 Å². The predicted octanol–water partition coefficient (Wildman–Crippen LogP) is 3.14. The number of ketones is 1. The molecular weight excluding hydrogens is 215 g/mol. The minimum absolute atomic E-state index is 0.0377. The quantitative estimate of drug-likeness (QED) is 0.605. The molecule has 0 saturated heterocycles. The lowest BCUT2D eigenvalue weighted by atomic mass is 10.2. The van der Waals surface area contributed by atoms with Crippen molar-refractivity contribution in [2.45, 2.75) is 33.6 Å². The molecule has 0 amide bonds. The van der Waals surface area contributed by atoms with Crippen molar-refractivity contribution < 1.29 is 18.4 Å². The first kappa shape index (κ1) is 14.6. The van der Waals surface area contributed by atoms with E-state index in [2.05, 4.69) is 6.58 Å². The van der Waals surface area contributed by atoms with Crippen LogP contribution in [-0.4, -0.2) is 19.0 Å². The van der Waals surface area contributed by atoms with Crippen LogP contribution >= 0.6 is 7.60 Å². The van der Waals surface area contributed by atoms with Gasteiger partial charge in [-0.2, -0.15) is 0 Å². The average Bonchev–Trinajstić information content (AvgIpc) is 2.14. The molecule has 0 heterocycles. The van der Waals surface area contributed by atoms with Gasteiger partial charge in [0.1, 0.15) is 5.78 Å². The van der Waals surface area contributed by atoms with Crippen LogP contribution in [-0.2, 0) is 18.4 Å². The summed E-state index contributed by atoms with van der Waals surface area (Å²) in [5, 5.41) is 0.376. The zero-order chi connectivity index (χ0) is 11.9. The third kappa shape index (κ3) is 5.26. The van der Waals surface area contributed by atoms with Crippen LogP contribution in [0.3, 0.4) is 0 Å². The molecule has 0 aliphatic rings. The third-order valence-corrected chi connectivity index (χ3v) is 3.95. The summed E-state index contributed by atoms with van der Waals surface area (Å²) in [5.41, 5.74) is 0. The van der Waals surface area contributed by atoms with E-state index in [0.29, 0.717) is 31.4 Å². The van der Waals surface area contributed by atoms with Crippen molar-refractivity contribution in [2.24, 2.45) is 0 Å². The molecule has 15 heavy (non-hydrogen) atoms. The van der Waals surface area contributed by atoms with Gasteiger partial charge in [-0.25, -0.2) is 0 Å². The molecule has 0 aromatic heterocycles. The molecule has 0 saturated carbocycles. The SMILES string of the molecule is C=C(CCC(C)=O)P(=O)(OCC)OCC. The van der Waals surface area contributed by atoms with Gasteiger partial charge in [-0.3, -0.25) is 4.57 Å². The molecule has 0 aromatic rings. The first-order valence-corrected chi connectivity index (χ1v) is 6.57. The lowest BCUT2D eigenvalue weighted by molar-refractivity contribution is -0.116. The summed E-state index contributed by atoms with van der Waals surface area (Å²) >= 11 is 0. The van der Waals surface area contributed by atoms with Gasteiger partial charge >= 0.3 is 7.60 Å². The number of hydrogen-bond acceptors (Lipinski definition) is 4. The van der Waals surface area contributed by atoms with E-state index in [9.17, 15) is 9.36 Å². The molecule has 0 rings (SSSR count). The smallest absolute Gasteiger partial charge is 0.306 e. The molecular formula is C10H19O4P. The Morgan fingerprint density at radius 1 is 1.20 bits per heavy atom. The molecule has 0 unspecified atom stereocenters. The molecule has 0 N–H and O–H groups in total. The van der Waals surface area contributed by atoms with Crippen molar-refractivity contribution >= 4 is 13.4 Å². The monoisotopic (exact) mass is 234 g/mol. The van der Waals surface area contributed by atoms with Gasteiger partial charge in [0.25, 0.3) is 0 Å². The molecule has 0 atom stereocenters. The Kier molecular flexibility index (Phi) is 6.73. The highest BCUT2D eigenvalue weighted by Gasteiger charge is 2.27. The Balaban J connectivity index is 4.41. The highest BCUT2D eigenvalue weighted by molar-refractivity contribution is 7.58. The summed E-state index contributed by atoms with van der Waals surface area (Å²) < 4.78 is 22.2. The fraction of sp³-hybridized carbons (Fsp3) is 0.700. The standard InChI is InChI=1S/C10H19O4P/c1-5-13-15(12,14-6-2)10(4)8-7-9(3)11/h4-8H2,1-3H3. The van der Waals surface area contributed by atoms with E-state index in [0.717, 1.165) is 0 Å². The molecule has 0 radical (unpaired) electrons. The molecule has 0 spiro atoms. The van der Waals surface area contributed by atoms with E-state index in [1.54, 1.807) is 13.8 Å². The van der Waals surface area contributed by atoms with E-state index >= 15 is 0 Å². The minimum Gasteiger partial charge on any atom is -0.306 e. The van der Waals surface area contributed by atoms with Crippen LogP contribution in [0.5, 0.6) is 0 Å². The lowest BCUT2D eigenvalue weighted by Crippen LogP contribution is -2.00. The van der Waals surface area contributed by atoms with Crippen molar-refractivity contribution in [2.75, 3.05) is 13.2 Å². The van der Waals surface area contributed by atoms with Crippen molar-refractivity contribution in [3.63, 3.8) is 0 Å². The van der Waals surface area contributed by atoms with Gasteiger partial charge in [0.15, 0.2) is 0 Å². The van der Waals surface area contributed by atoms with E-state index in [4.69, 9.17) is 9.05 Å². The molecule has 0 aliphatic heterocycles. The molecule has 5 heteroatoms. The van der Waals surface area contributed by atoms with Crippen LogP contribution in [0.15, 0.2) is 11.9 Å². The number of Topliss-reactive ketones (excluding diaryl/α,β-unsaturated/α-hetero) is 1. The van der Waals surface area contributed by atoms with E-state index in [-0.39, 0.29) is 5.78 Å². The topological polar surface area (TPSA) is 52.6 Å². The van der Waals surface area contributed by atoms with Crippen molar-refractivity contribution in [1.29, 1.82) is 0 Å². The highest BCUT2D eigenvalue weighted by Crippen LogP contribution is 2.56. The lowest BCUT2D eigenvalue weighted by Gasteiger charge is -2.18. The molecule has 88 valence electrons.